The molecule has 5 heteroatoms. The molecule has 0 spiro atoms. The fourth-order valence-electron chi connectivity index (χ4n) is 4.75. The summed E-state index contributed by atoms with van der Waals surface area (Å²) < 4.78 is 5.67. The predicted octanol–water partition coefficient (Wildman–Crippen LogP) is 2.41. The number of nitrogens with zero attached hydrogens (tertiary/aromatic N) is 2. The molecule has 2 fully saturated rings. The highest BCUT2D eigenvalue weighted by Crippen LogP contribution is 2.40. The maximum absolute atomic E-state index is 12.5. The number of ether oxygens (including phenoxy) is 1. The van der Waals surface area contributed by atoms with Gasteiger partial charge >= 0.3 is 0 Å². The van der Waals surface area contributed by atoms with Gasteiger partial charge in [-0.2, -0.15) is 0 Å². The van der Waals surface area contributed by atoms with Gasteiger partial charge in [-0.1, -0.05) is 60.7 Å². The maximum Gasteiger partial charge on any atom is 0.227 e. The Morgan fingerprint density at radius 2 is 1.59 bits per heavy atom. The number of benzene rings is 2. The fraction of sp³-hybridized carbons (Fsp3) is 0.458. The quantitative estimate of drug-likeness (QED) is 0.785. The molecule has 2 aliphatic rings. The molecule has 0 aromatic heterocycles. The first-order valence-electron chi connectivity index (χ1n) is 10.5. The summed E-state index contributed by atoms with van der Waals surface area (Å²) >= 11 is 0. The topological polar surface area (TPSA) is 58.8 Å². The zero-order chi connectivity index (χ0) is 20.3. The lowest BCUT2D eigenvalue weighted by Gasteiger charge is -2.54. The molecule has 1 unspecified atom stereocenters. The number of hydrogen-bond acceptors (Lipinski definition) is 4. The number of piperazine rings is 1. The number of carbonyl (C=O) groups is 1. The van der Waals surface area contributed by atoms with Crippen molar-refractivity contribution >= 4 is 5.91 Å². The summed E-state index contributed by atoms with van der Waals surface area (Å²) in [5, 5.41) is 0. The molecule has 4 rings (SSSR count). The van der Waals surface area contributed by atoms with Crippen LogP contribution in [0, 0.1) is 0 Å². The largest absolute Gasteiger partial charge is 0.377 e. The van der Waals surface area contributed by atoms with Crippen LogP contribution in [0.2, 0.25) is 0 Å². The maximum atomic E-state index is 12.5. The third-order valence-electron chi connectivity index (χ3n) is 6.67. The number of rotatable bonds is 7. The fourth-order valence-corrected chi connectivity index (χ4v) is 4.75. The van der Waals surface area contributed by atoms with Gasteiger partial charge in [-0.3, -0.25) is 14.6 Å². The predicted molar refractivity (Wildman–Crippen MR) is 114 cm³/mol. The Bertz CT molecular complexity index is 815. The molecule has 2 heterocycles. The van der Waals surface area contributed by atoms with Crippen molar-refractivity contribution in [3.05, 3.63) is 71.8 Å². The van der Waals surface area contributed by atoms with E-state index in [9.17, 15) is 4.79 Å². The van der Waals surface area contributed by atoms with Gasteiger partial charge in [0.25, 0.3) is 0 Å². The van der Waals surface area contributed by atoms with Crippen LogP contribution in [0.1, 0.15) is 24.5 Å². The van der Waals surface area contributed by atoms with E-state index in [-0.39, 0.29) is 11.4 Å². The van der Waals surface area contributed by atoms with Crippen LogP contribution >= 0.6 is 0 Å². The summed E-state index contributed by atoms with van der Waals surface area (Å²) in [6, 6.07) is 20.6. The van der Waals surface area contributed by atoms with Crippen molar-refractivity contribution in [1.29, 1.82) is 0 Å². The van der Waals surface area contributed by atoms with Crippen LogP contribution in [0.25, 0.3) is 0 Å². The Labute approximate surface area is 173 Å². The van der Waals surface area contributed by atoms with Gasteiger partial charge in [0.1, 0.15) is 0 Å². The van der Waals surface area contributed by atoms with Crippen LogP contribution in [0.5, 0.6) is 0 Å². The van der Waals surface area contributed by atoms with Crippen molar-refractivity contribution in [3.63, 3.8) is 0 Å². The highest BCUT2D eigenvalue weighted by atomic mass is 16.5. The molecule has 0 radical (unpaired) electrons. The Morgan fingerprint density at radius 3 is 2.10 bits per heavy atom. The van der Waals surface area contributed by atoms with Crippen LogP contribution in [0.3, 0.4) is 0 Å². The van der Waals surface area contributed by atoms with Crippen molar-refractivity contribution < 1.29 is 9.53 Å². The molecule has 2 N–H and O–H groups in total. The van der Waals surface area contributed by atoms with Crippen molar-refractivity contribution in [1.82, 2.24) is 9.80 Å². The van der Waals surface area contributed by atoms with Gasteiger partial charge in [-0.15, -0.1) is 0 Å². The van der Waals surface area contributed by atoms with E-state index in [0.29, 0.717) is 19.6 Å². The molecule has 2 aromatic rings. The summed E-state index contributed by atoms with van der Waals surface area (Å²) in [5.74, 6) is -0.266. The molecule has 1 amide bonds. The second kappa shape index (κ2) is 8.27. The van der Waals surface area contributed by atoms with Crippen LogP contribution in [0.4, 0.5) is 0 Å². The monoisotopic (exact) mass is 393 g/mol. The molecule has 1 atom stereocenters. The van der Waals surface area contributed by atoms with E-state index in [2.05, 4.69) is 40.1 Å². The van der Waals surface area contributed by atoms with Gasteiger partial charge in [0.05, 0.1) is 24.2 Å². The second-order valence-corrected chi connectivity index (χ2v) is 8.71. The van der Waals surface area contributed by atoms with E-state index in [4.69, 9.17) is 10.5 Å². The standard InChI is InChI=1S/C24H31N3O2/c1-23(22(25)28,21-10-6-3-7-11-21)17-24(18-29-19-24)27-14-12-26(13-15-27)16-20-8-4-2-5-9-20/h2-11H,12-19H2,1H3,(H2,25,28). The minimum atomic E-state index is -0.702. The number of primary amides is 1. The van der Waals surface area contributed by atoms with Crippen molar-refractivity contribution in [2.24, 2.45) is 5.73 Å². The highest BCUT2D eigenvalue weighted by Gasteiger charge is 2.51. The second-order valence-electron chi connectivity index (χ2n) is 8.71. The smallest absolute Gasteiger partial charge is 0.227 e. The van der Waals surface area contributed by atoms with Crippen molar-refractivity contribution in [2.75, 3.05) is 39.4 Å². The number of carbonyl (C=O) groups excluding carboxylic acids is 1. The van der Waals surface area contributed by atoms with E-state index in [0.717, 1.165) is 38.3 Å². The molecule has 0 bridgehead atoms. The van der Waals surface area contributed by atoms with E-state index in [1.165, 1.54) is 5.56 Å². The Morgan fingerprint density at radius 1 is 1.00 bits per heavy atom. The third-order valence-corrected chi connectivity index (χ3v) is 6.67. The van der Waals surface area contributed by atoms with E-state index in [1.54, 1.807) is 0 Å². The van der Waals surface area contributed by atoms with Crippen molar-refractivity contribution in [3.8, 4) is 0 Å². The minimum absolute atomic E-state index is 0.113. The van der Waals surface area contributed by atoms with E-state index < -0.39 is 5.41 Å². The molecule has 5 nitrogen and oxygen atoms in total. The Balaban J connectivity index is 1.45. The molecule has 154 valence electrons. The van der Waals surface area contributed by atoms with E-state index in [1.807, 2.05) is 37.3 Å². The summed E-state index contributed by atoms with van der Waals surface area (Å²) in [5.41, 5.74) is 7.45. The van der Waals surface area contributed by atoms with Gasteiger partial charge in [-0.05, 0) is 24.5 Å². The lowest BCUT2D eigenvalue weighted by atomic mass is 9.70. The zero-order valence-electron chi connectivity index (χ0n) is 17.2. The van der Waals surface area contributed by atoms with Crippen molar-refractivity contribution in [2.45, 2.75) is 30.8 Å². The minimum Gasteiger partial charge on any atom is -0.377 e. The molecule has 0 saturated carbocycles. The summed E-state index contributed by atoms with van der Waals surface area (Å²) in [7, 11) is 0. The first kappa shape index (κ1) is 20.1. The molecule has 2 aliphatic heterocycles. The lowest BCUT2D eigenvalue weighted by Crippen LogP contribution is -2.68. The summed E-state index contributed by atoms with van der Waals surface area (Å²) in [6.07, 6.45) is 0.692. The van der Waals surface area contributed by atoms with E-state index >= 15 is 0 Å². The van der Waals surface area contributed by atoms with Gasteiger partial charge in [0.15, 0.2) is 0 Å². The molecule has 29 heavy (non-hydrogen) atoms. The average molecular weight is 394 g/mol. The summed E-state index contributed by atoms with van der Waals surface area (Å²) in [4.78, 5) is 17.6. The van der Waals surface area contributed by atoms with Crippen LogP contribution < -0.4 is 5.73 Å². The highest BCUT2D eigenvalue weighted by molar-refractivity contribution is 5.86. The normalized spacial score (nSPS) is 21.8. The van der Waals surface area contributed by atoms with Gasteiger partial charge in [0.2, 0.25) is 5.91 Å². The average Bonchev–Trinajstić information content (AvgIpc) is 2.72. The Hall–Kier alpha value is -2.21. The summed E-state index contributed by atoms with van der Waals surface area (Å²) in [6.45, 7) is 8.32. The Kier molecular flexibility index (Phi) is 5.72. The SMILES string of the molecule is CC(CC1(N2CCN(Cc3ccccc3)CC2)COC1)(C(N)=O)c1ccccc1. The number of nitrogens with two attached hydrogens (primary N) is 1. The molecular formula is C24H31N3O2. The van der Waals surface area contributed by atoms with Gasteiger partial charge in [-0.25, -0.2) is 0 Å². The third kappa shape index (κ3) is 4.08. The van der Waals surface area contributed by atoms with Crippen LogP contribution in [-0.4, -0.2) is 60.6 Å². The lowest BCUT2D eigenvalue weighted by molar-refractivity contribution is -0.164. The number of hydrogen-bond donors (Lipinski definition) is 1. The number of amides is 1. The van der Waals surface area contributed by atoms with Crippen LogP contribution in [0.15, 0.2) is 60.7 Å². The van der Waals surface area contributed by atoms with Gasteiger partial charge < -0.3 is 10.5 Å². The molecule has 2 aromatic carbocycles. The first-order chi connectivity index (χ1) is 14.0. The molecular weight excluding hydrogens is 362 g/mol. The molecule has 2 saturated heterocycles. The molecule has 0 aliphatic carbocycles. The zero-order valence-corrected chi connectivity index (χ0v) is 17.2. The van der Waals surface area contributed by atoms with Gasteiger partial charge in [0, 0.05) is 32.7 Å². The van der Waals surface area contributed by atoms with Crippen LogP contribution in [-0.2, 0) is 21.5 Å². The first-order valence-corrected chi connectivity index (χ1v) is 10.5.